The van der Waals surface area contributed by atoms with Gasteiger partial charge in [-0.1, -0.05) is 12.1 Å². The Labute approximate surface area is 140 Å². The van der Waals surface area contributed by atoms with Gasteiger partial charge in [-0.05, 0) is 30.0 Å². The van der Waals surface area contributed by atoms with E-state index in [9.17, 15) is 22.8 Å². The summed E-state index contributed by atoms with van der Waals surface area (Å²) in [6, 6.07) is 6.29. The van der Waals surface area contributed by atoms with E-state index < -0.39 is 17.7 Å². The number of carbonyl (C=O) groups is 2. The molecule has 2 aromatic rings. The Morgan fingerprint density at radius 1 is 1.24 bits per heavy atom. The lowest BCUT2D eigenvalue weighted by Crippen LogP contribution is -2.16. The number of benzene rings is 1. The third-order valence-corrected chi connectivity index (χ3v) is 3.98. The number of carboxylic acids is 1. The van der Waals surface area contributed by atoms with Crippen LogP contribution in [0.3, 0.4) is 0 Å². The van der Waals surface area contributed by atoms with Gasteiger partial charge in [-0.3, -0.25) is 14.3 Å². The molecule has 6 nitrogen and oxygen atoms in total. The highest BCUT2D eigenvalue weighted by Crippen LogP contribution is 2.48. The lowest BCUT2D eigenvalue weighted by molar-refractivity contribution is -0.138. The first-order valence-corrected chi connectivity index (χ1v) is 7.47. The van der Waals surface area contributed by atoms with Gasteiger partial charge in [0.05, 0.1) is 5.56 Å². The molecule has 0 aliphatic heterocycles. The van der Waals surface area contributed by atoms with Gasteiger partial charge in [-0.25, -0.2) is 0 Å². The standard InChI is InChI=1S/C16H14F3N3O3/c17-16(18,19)10-3-1-9(2-4-10)11-7-12(11)15(25)20-13-5-6-22(21-13)8-14(23)24/h1-6,11-12H,7-8H2,(H,23,24)(H,20,21,25). The third-order valence-electron chi connectivity index (χ3n) is 3.98. The summed E-state index contributed by atoms with van der Waals surface area (Å²) in [5.41, 5.74) is -0.0357. The van der Waals surface area contributed by atoms with E-state index in [1.807, 2.05) is 0 Å². The molecule has 132 valence electrons. The highest BCUT2D eigenvalue weighted by atomic mass is 19.4. The van der Waals surface area contributed by atoms with Gasteiger partial charge in [0.1, 0.15) is 6.54 Å². The molecule has 3 rings (SSSR count). The predicted molar refractivity (Wildman–Crippen MR) is 80.8 cm³/mol. The molecule has 1 aromatic carbocycles. The second-order valence-corrected chi connectivity index (χ2v) is 5.85. The Morgan fingerprint density at radius 3 is 2.52 bits per heavy atom. The molecular formula is C16H14F3N3O3. The van der Waals surface area contributed by atoms with E-state index in [0.717, 1.165) is 12.1 Å². The summed E-state index contributed by atoms with van der Waals surface area (Å²) >= 11 is 0. The molecule has 25 heavy (non-hydrogen) atoms. The molecule has 0 spiro atoms. The Hall–Kier alpha value is -2.84. The van der Waals surface area contributed by atoms with Crippen LogP contribution >= 0.6 is 0 Å². The van der Waals surface area contributed by atoms with Crippen LogP contribution < -0.4 is 5.32 Å². The smallest absolute Gasteiger partial charge is 0.416 e. The number of rotatable bonds is 5. The van der Waals surface area contributed by atoms with Gasteiger partial charge in [-0.15, -0.1) is 0 Å². The fourth-order valence-corrected chi connectivity index (χ4v) is 2.65. The molecule has 1 aromatic heterocycles. The molecule has 1 aliphatic carbocycles. The molecule has 1 aliphatic rings. The zero-order valence-corrected chi connectivity index (χ0v) is 12.8. The van der Waals surface area contributed by atoms with Gasteiger partial charge in [0.15, 0.2) is 5.82 Å². The number of carboxylic acid groups (broad SMARTS) is 1. The zero-order chi connectivity index (χ0) is 18.2. The van der Waals surface area contributed by atoms with Gasteiger partial charge >= 0.3 is 12.1 Å². The van der Waals surface area contributed by atoms with Crippen molar-refractivity contribution in [2.24, 2.45) is 5.92 Å². The molecule has 1 amide bonds. The van der Waals surface area contributed by atoms with Crippen molar-refractivity contribution in [1.29, 1.82) is 0 Å². The molecule has 1 fully saturated rings. The summed E-state index contributed by atoms with van der Waals surface area (Å²) in [5.74, 6) is -1.55. The van der Waals surface area contributed by atoms with Crippen molar-refractivity contribution in [3.05, 3.63) is 47.7 Å². The monoisotopic (exact) mass is 353 g/mol. The third kappa shape index (κ3) is 3.98. The lowest BCUT2D eigenvalue weighted by atomic mass is 10.1. The van der Waals surface area contributed by atoms with E-state index in [4.69, 9.17) is 5.11 Å². The van der Waals surface area contributed by atoms with Crippen molar-refractivity contribution >= 4 is 17.7 Å². The summed E-state index contributed by atoms with van der Waals surface area (Å²) in [7, 11) is 0. The summed E-state index contributed by atoms with van der Waals surface area (Å²) in [5, 5.41) is 15.2. The van der Waals surface area contributed by atoms with Crippen LogP contribution in [-0.4, -0.2) is 26.8 Å². The Bertz CT molecular complexity index is 799. The number of hydrogen-bond donors (Lipinski definition) is 2. The minimum Gasteiger partial charge on any atom is -0.480 e. The Kier molecular flexibility index (Phi) is 4.23. The summed E-state index contributed by atoms with van der Waals surface area (Å²) in [4.78, 5) is 22.7. The van der Waals surface area contributed by atoms with Crippen LogP contribution in [0.1, 0.15) is 23.5 Å². The minimum absolute atomic E-state index is 0.122. The van der Waals surface area contributed by atoms with E-state index in [0.29, 0.717) is 12.0 Å². The first-order valence-electron chi connectivity index (χ1n) is 7.47. The fraction of sp³-hybridized carbons (Fsp3) is 0.312. The molecule has 0 radical (unpaired) electrons. The van der Waals surface area contributed by atoms with E-state index in [1.54, 1.807) is 0 Å². The van der Waals surface area contributed by atoms with Gasteiger partial charge in [0, 0.05) is 18.2 Å². The van der Waals surface area contributed by atoms with Crippen molar-refractivity contribution in [3.8, 4) is 0 Å². The van der Waals surface area contributed by atoms with Gasteiger partial charge < -0.3 is 10.4 Å². The number of nitrogens with one attached hydrogen (secondary N) is 1. The minimum atomic E-state index is -4.38. The van der Waals surface area contributed by atoms with Gasteiger partial charge in [-0.2, -0.15) is 18.3 Å². The van der Waals surface area contributed by atoms with Crippen LogP contribution in [0.2, 0.25) is 0 Å². The van der Waals surface area contributed by atoms with Crippen molar-refractivity contribution in [2.75, 3.05) is 5.32 Å². The van der Waals surface area contributed by atoms with Crippen LogP contribution in [0, 0.1) is 5.92 Å². The van der Waals surface area contributed by atoms with Crippen LogP contribution in [0.5, 0.6) is 0 Å². The fourth-order valence-electron chi connectivity index (χ4n) is 2.65. The number of halogens is 3. The average molecular weight is 353 g/mol. The van der Waals surface area contributed by atoms with E-state index >= 15 is 0 Å². The maximum atomic E-state index is 12.6. The first kappa shape index (κ1) is 17.0. The van der Waals surface area contributed by atoms with E-state index in [-0.39, 0.29) is 30.1 Å². The normalized spacial score (nSPS) is 19.5. The molecule has 0 bridgehead atoms. The highest BCUT2D eigenvalue weighted by Gasteiger charge is 2.44. The van der Waals surface area contributed by atoms with Crippen LogP contribution in [0.15, 0.2) is 36.5 Å². The van der Waals surface area contributed by atoms with E-state index in [1.165, 1.54) is 29.1 Å². The molecular weight excluding hydrogens is 339 g/mol. The van der Waals surface area contributed by atoms with Gasteiger partial charge in [0.25, 0.3) is 0 Å². The highest BCUT2D eigenvalue weighted by molar-refractivity contribution is 5.94. The number of aliphatic carboxylic acids is 1. The van der Waals surface area contributed by atoms with Crippen LogP contribution in [-0.2, 0) is 22.3 Å². The number of alkyl halides is 3. The quantitative estimate of drug-likeness (QED) is 0.866. The summed E-state index contributed by atoms with van der Waals surface area (Å²) < 4.78 is 38.8. The Morgan fingerprint density at radius 2 is 1.92 bits per heavy atom. The van der Waals surface area contributed by atoms with Crippen LogP contribution in [0.25, 0.3) is 0 Å². The second kappa shape index (κ2) is 6.23. The van der Waals surface area contributed by atoms with Crippen molar-refractivity contribution in [2.45, 2.75) is 25.1 Å². The SMILES string of the molecule is O=C(O)Cn1ccc(NC(=O)C2CC2c2ccc(C(F)(F)F)cc2)n1. The van der Waals surface area contributed by atoms with Crippen molar-refractivity contribution in [3.63, 3.8) is 0 Å². The molecule has 2 N–H and O–H groups in total. The molecule has 2 unspecified atom stereocenters. The maximum Gasteiger partial charge on any atom is 0.416 e. The number of amides is 1. The number of anilines is 1. The molecule has 1 heterocycles. The summed E-state index contributed by atoms with van der Waals surface area (Å²) in [6.45, 7) is -0.312. The number of carbonyl (C=O) groups excluding carboxylic acids is 1. The average Bonchev–Trinajstić information content (AvgIpc) is 3.22. The predicted octanol–water partition coefficient (Wildman–Crippen LogP) is 2.73. The Balaban J connectivity index is 1.58. The summed E-state index contributed by atoms with van der Waals surface area (Å²) in [6.07, 6.45) is -2.40. The topological polar surface area (TPSA) is 84.2 Å². The zero-order valence-electron chi connectivity index (χ0n) is 12.8. The largest absolute Gasteiger partial charge is 0.480 e. The number of aromatic nitrogens is 2. The van der Waals surface area contributed by atoms with Gasteiger partial charge in [0.2, 0.25) is 5.91 Å². The maximum absolute atomic E-state index is 12.6. The number of hydrogen-bond acceptors (Lipinski definition) is 3. The second-order valence-electron chi connectivity index (χ2n) is 5.85. The number of nitrogens with zero attached hydrogens (tertiary/aromatic N) is 2. The van der Waals surface area contributed by atoms with Crippen LogP contribution in [0.4, 0.5) is 19.0 Å². The lowest BCUT2D eigenvalue weighted by Gasteiger charge is -2.07. The molecule has 1 saturated carbocycles. The molecule has 9 heteroatoms. The van der Waals surface area contributed by atoms with Crippen molar-refractivity contribution < 1.29 is 27.9 Å². The molecule has 0 saturated heterocycles. The first-order chi connectivity index (χ1) is 11.7. The molecule has 2 atom stereocenters. The van der Waals surface area contributed by atoms with E-state index in [2.05, 4.69) is 10.4 Å². The van der Waals surface area contributed by atoms with Crippen molar-refractivity contribution in [1.82, 2.24) is 9.78 Å².